The number of carbonyl (C=O) groups excluding carboxylic acids is 1. The standard InChI is InChI=1S/C15H26N2O3/c1-10(2)17(8-7-14(18)19)15(20)16-9-13(11-3-4-11)12-5-6-12/h10-13H,3-9H2,1-2H3,(H,16,20)(H,18,19). The molecule has 0 unspecified atom stereocenters. The summed E-state index contributed by atoms with van der Waals surface area (Å²) in [5, 5.41) is 11.8. The van der Waals surface area contributed by atoms with Crippen molar-refractivity contribution >= 4 is 12.0 Å². The molecule has 2 amide bonds. The van der Waals surface area contributed by atoms with E-state index >= 15 is 0 Å². The minimum Gasteiger partial charge on any atom is -0.481 e. The molecule has 0 aliphatic heterocycles. The number of nitrogens with one attached hydrogen (secondary N) is 1. The second-order valence-electron chi connectivity index (χ2n) is 6.46. The number of amides is 2. The van der Waals surface area contributed by atoms with Gasteiger partial charge in [0.05, 0.1) is 6.42 Å². The molecule has 2 aliphatic rings. The zero-order chi connectivity index (χ0) is 14.7. The lowest BCUT2D eigenvalue weighted by molar-refractivity contribution is -0.137. The van der Waals surface area contributed by atoms with Crippen molar-refractivity contribution in [3.05, 3.63) is 0 Å². The van der Waals surface area contributed by atoms with Crippen LogP contribution in [0.2, 0.25) is 0 Å². The van der Waals surface area contributed by atoms with Crippen LogP contribution in [0.3, 0.4) is 0 Å². The van der Waals surface area contributed by atoms with E-state index in [2.05, 4.69) is 5.32 Å². The molecule has 20 heavy (non-hydrogen) atoms. The Hall–Kier alpha value is -1.26. The minimum absolute atomic E-state index is 0.000276. The average Bonchev–Trinajstić information content (AvgIpc) is 3.23. The molecular weight excluding hydrogens is 256 g/mol. The van der Waals surface area contributed by atoms with E-state index in [4.69, 9.17) is 5.11 Å². The van der Waals surface area contributed by atoms with Gasteiger partial charge in [-0.3, -0.25) is 4.79 Å². The largest absolute Gasteiger partial charge is 0.481 e. The van der Waals surface area contributed by atoms with Crippen LogP contribution in [0.15, 0.2) is 0 Å². The number of urea groups is 1. The molecular formula is C15H26N2O3. The number of nitrogens with zero attached hydrogens (tertiary/aromatic N) is 1. The van der Waals surface area contributed by atoms with Crippen LogP contribution in [0.4, 0.5) is 4.79 Å². The third-order valence-electron chi connectivity index (χ3n) is 4.39. The Morgan fingerprint density at radius 3 is 2.15 bits per heavy atom. The molecule has 2 saturated carbocycles. The van der Waals surface area contributed by atoms with Crippen LogP contribution >= 0.6 is 0 Å². The molecule has 0 saturated heterocycles. The molecule has 0 aromatic heterocycles. The number of hydrogen-bond donors (Lipinski definition) is 2. The van der Waals surface area contributed by atoms with Gasteiger partial charge in [0.1, 0.15) is 0 Å². The second-order valence-corrected chi connectivity index (χ2v) is 6.46. The summed E-state index contributed by atoms with van der Waals surface area (Å²) >= 11 is 0. The van der Waals surface area contributed by atoms with Crippen LogP contribution in [0.25, 0.3) is 0 Å². The summed E-state index contributed by atoms with van der Waals surface area (Å²) in [7, 11) is 0. The fourth-order valence-electron chi connectivity index (χ4n) is 2.88. The summed E-state index contributed by atoms with van der Waals surface area (Å²) in [6, 6.07) is -0.0952. The molecule has 2 fully saturated rings. The minimum atomic E-state index is -0.864. The van der Waals surface area contributed by atoms with E-state index in [0.29, 0.717) is 5.92 Å². The van der Waals surface area contributed by atoms with Crippen molar-refractivity contribution < 1.29 is 14.7 Å². The van der Waals surface area contributed by atoms with Gasteiger partial charge in [0, 0.05) is 19.1 Å². The van der Waals surface area contributed by atoms with E-state index in [1.54, 1.807) is 4.90 Å². The maximum atomic E-state index is 12.2. The van der Waals surface area contributed by atoms with Gasteiger partial charge in [-0.05, 0) is 57.3 Å². The Morgan fingerprint density at radius 1 is 1.20 bits per heavy atom. The summed E-state index contributed by atoms with van der Waals surface area (Å²) in [5.74, 6) is 1.41. The molecule has 0 bridgehead atoms. The average molecular weight is 282 g/mol. The summed E-state index contributed by atoms with van der Waals surface area (Å²) in [6.45, 7) is 4.86. The summed E-state index contributed by atoms with van der Waals surface area (Å²) < 4.78 is 0. The molecule has 0 spiro atoms. The number of rotatable bonds is 8. The van der Waals surface area contributed by atoms with E-state index in [0.717, 1.165) is 18.4 Å². The molecule has 5 heteroatoms. The van der Waals surface area contributed by atoms with E-state index in [-0.39, 0.29) is 25.0 Å². The first-order chi connectivity index (χ1) is 9.49. The first-order valence-corrected chi connectivity index (χ1v) is 7.75. The lowest BCUT2D eigenvalue weighted by atomic mass is 9.98. The van der Waals surface area contributed by atoms with Crippen molar-refractivity contribution in [2.45, 2.75) is 52.0 Å². The third-order valence-corrected chi connectivity index (χ3v) is 4.39. The quantitative estimate of drug-likeness (QED) is 0.718. The summed E-state index contributed by atoms with van der Waals surface area (Å²) in [5.41, 5.74) is 0. The lowest BCUT2D eigenvalue weighted by Crippen LogP contribution is -2.46. The zero-order valence-electron chi connectivity index (χ0n) is 12.5. The Bertz CT molecular complexity index is 350. The van der Waals surface area contributed by atoms with Crippen molar-refractivity contribution in [1.29, 1.82) is 0 Å². The van der Waals surface area contributed by atoms with Crippen LogP contribution in [0.1, 0.15) is 46.0 Å². The van der Waals surface area contributed by atoms with E-state index in [1.807, 2.05) is 13.8 Å². The van der Waals surface area contributed by atoms with Crippen LogP contribution in [0, 0.1) is 17.8 Å². The fraction of sp³-hybridized carbons (Fsp3) is 0.867. The van der Waals surface area contributed by atoms with Crippen molar-refractivity contribution in [3.63, 3.8) is 0 Å². The highest BCUT2D eigenvalue weighted by molar-refractivity contribution is 5.75. The van der Waals surface area contributed by atoms with Crippen LogP contribution in [-0.2, 0) is 4.79 Å². The highest BCUT2D eigenvalue weighted by Gasteiger charge is 2.41. The number of carboxylic acids is 1. The van der Waals surface area contributed by atoms with Crippen LogP contribution in [-0.4, -0.2) is 41.1 Å². The highest BCUT2D eigenvalue weighted by atomic mass is 16.4. The molecule has 114 valence electrons. The molecule has 0 aromatic rings. The number of hydrogen-bond acceptors (Lipinski definition) is 2. The predicted octanol–water partition coefficient (Wildman–Crippen LogP) is 2.32. The van der Waals surface area contributed by atoms with Gasteiger partial charge in [0.25, 0.3) is 0 Å². The summed E-state index contributed by atoms with van der Waals surface area (Å²) in [4.78, 5) is 24.5. The van der Waals surface area contributed by atoms with Crippen molar-refractivity contribution in [2.75, 3.05) is 13.1 Å². The fourth-order valence-corrected chi connectivity index (χ4v) is 2.88. The Morgan fingerprint density at radius 2 is 1.75 bits per heavy atom. The first-order valence-electron chi connectivity index (χ1n) is 7.75. The normalized spacial score (nSPS) is 18.4. The third kappa shape index (κ3) is 4.39. The van der Waals surface area contributed by atoms with Crippen LogP contribution in [0.5, 0.6) is 0 Å². The van der Waals surface area contributed by atoms with Crippen molar-refractivity contribution in [2.24, 2.45) is 17.8 Å². The first kappa shape index (κ1) is 15.1. The number of carbonyl (C=O) groups is 2. The zero-order valence-corrected chi connectivity index (χ0v) is 12.5. The lowest BCUT2D eigenvalue weighted by Gasteiger charge is -2.27. The number of aliphatic carboxylic acids is 1. The van der Waals surface area contributed by atoms with E-state index in [1.165, 1.54) is 25.7 Å². The molecule has 2 aliphatic carbocycles. The Balaban J connectivity index is 1.79. The van der Waals surface area contributed by atoms with Gasteiger partial charge in [-0.2, -0.15) is 0 Å². The molecule has 2 rings (SSSR count). The Labute approximate surface area is 120 Å². The molecule has 0 atom stereocenters. The van der Waals surface area contributed by atoms with Gasteiger partial charge in [-0.15, -0.1) is 0 Å². The van der Waals surface area contributed by atoms with Gasteiger partial charge in [-0.1, -0.05) is 0 Å². The highest BCUT2D eigenvalue weighted by Crippen LogP contribution is 2.48. The van der Waals surface area contributed by atoms with Gasteiger partial charge in [0.2, 0.25) is 0 Å². The maximum absolute atomic E-state index is 12.2. The summed E-state index contributed by atoms with van der Waals surface area (Å²) in [6.07, 6.45) is 5.24. The molecule has 0 aromatic carbocycles. The second kappa shape index (κ2) is 6.46. The van der Waals surface area contributed by atoms with Gasteiger partial charge in [-0.25, -0.2) is 4.79 Å². The SMILES string of the molecule is CC(C)N(CCC(=O)O)C(=O)NCC(C1CC1)C1CC1. The molecule has 2 N–H and O–H groups in total. The molecule has 0 radical (unpaired) electrons. The smallest absolute Gasteiger partial charge is 0.317 e. The van der Waals surface area contributed by atoms with Gasteiger partial charge in [0.15, 0.2) is 0 Å². The van der Waals surface area contributed by atoms with Gasteiger partial charge >= 0.3 is 12.0 Å². The van der Waals surface area contributed by atoms with Crippen LogP contribution < -0.4 is 5.32 Å². The Kier molecular flexibility index (Phi) is 4.89. The predicted molar refractivity (Wildman–Crippen MR) is 76.4 cm³/mol. The molecule has 0 heterocycles. The van der Waals surface area contributed by atoms with Gasteiger partial charge < -0.3 is 15.3 Å². The number of carboxylic acid groups (broad SMARTS) is 1. The van der Waals surface area contributed by atoms with Crippen molar-refractivity contribution in [3.8, 4) is 0 Å². The molecule has 5 nitrogen and oxygen atoms in total. The van der Waals surface area contributed by atoms with Crippen molar-refractivity contribution in [1.82, 2.24) is 10.2 Å². The topological polar surface area (TPSA) is 69.6 Å². The van der Waals surface area contributed by atoms with E-state index < -0.39 is 5.97 Å². The van der Waals surface area contributed by atoms with E-state index in [9.17, 15) is 9.59 Å². The maximum Gasteiger partial charge on any atom is 0.317 e. The monoisotopic (exact) mass is 282 g/mol.